The number of hydrogen-bond donors (Lipinski definition) is 2. The highest BCUT2D eigenvalue weighted by Crippen LogP contribution is 2.13. The van der Waals surface area contributed by atoms with E-state index in [0.717, 1.165) is 12.8 Å². The average molecular weight is 222 g/mol. The predicted octanol–water partition coefficient (Wildman–Crippen LogP) is 0.830. The second-order valence-corrected chi connectivity index (χ2v) is 3.91. The molecule has 0 spiro atoms. The zero-order chi connectivity index (χ0) is 12.0. The van der Waals surface area contributed by atoms with Gasteiger partial charge < -0.3 is 16.2 Å². The average Bonchev–Trinajstić information content (AvgIpc) is 2.25. The fourth-order valence-corrected chi connectivity index (χ4v) is 1.30. The molecule has 1 unspecified atom stereocenters. The van der Waals surface area contributed by atoms with Crippen LogP contribution in [0.4, 0.5) is 0 Å². The molecular weight excluding hydrogens is 204 g/mol. The molecule has 1 rings (SSSR count). The van der Waals surface area contributed by atoms with Crippen molar-refractivity contribution in [3.63, 3.8) is 0 Å². The zero-order valence-electron chi connectivity index (χ0n) is 9.48. The first kappa shape index (κ1) is 12.5. The van der Waals surface area contributed by atoms with Gasteiger partial charge in [0.15, 0.2) is 6.61 Å². The van der Waals surface area contributed by atoms with Crippen LogP contribution < -0.4 is 16.2 Å². The molecule has 0 aliphatic heterocycles. The van der Waals surface area contributed by atoms with Gasteiger partial charge in [0.2, 0.25) is 0 Å². The summed E-state index contributed by atoms with van der Waals surface area (Å²) in [6, 6.07) is 7.82. The molecule has 16 heavy (non-hydrogen) atoms. The first-order valence-corrected chi connectivity index (χ1v) is 5.33. The number of ether oxygens (including phenoxy) is 1. The number of hydrogen-bond acceptors (Lipinski definition) is 3. The van der Waals surface area contributed by atoms with E-state index in [-0.39, 0.29) is 12.6 Å². The molecule has 0 saturated heterocycles. The molecule has 0 aliphatic rings. The minimum absolute atomic E-state index is 0.0841. The lowest BCUT2D eigenvalue weighted by atomic mass is 10.1. The highest BCUT2D eigenvalue weighted by molar-refractivity contribution is 5.75. The number of amides is 1. The Bertz CT molecular complexity index is 333. The molecule has 88 valence electrons. The first-order chi connectivity index (χ1) is 7.58. The fourth-order valence-electron chi connectivity index (χ4n) is 1.30. The van der Waals surface area contributed by atoms with E-state index < -0.39 is 5.91 Å². The van der Waals surface area contributed by atoms with Gasteiger partial charge in [0.1, 0.15) is 5.75 Å². The molecule has 0 radical (unpaired) electrons. The quantitative estimate of drug-likeness (QED) is 0.748. The summed E-state index contributed by atoms with van der Waals surface area (Å²) < 4.78 is 5.15. The van der Waals surface area contributed by atoms with Crippen molar-refractivity contribution in [1.82, 2.24) is 0 Å². The molecule has 4 nitrogen and oxygen atoms in total. The van der Waals surface area contributed by atoms with Crippen molar-refractivity contribution in [3.05, 3.63) is 29.8 Å². The van der Waals surface area contributed by atoms with E-state index >= 15 is 0 Å². The second-order valence-electron chi connectivity index (χ2n) is 3.91. The Morgan fingerprint density at radius 2 is 2.00 bits per heavy atom. The van der Waals surface area contributed by atoms with Crippen molar-refractivity contribution in [2.75, 3.05) is 6.61 Å². The Labute approximate surface area is 95.6 Å². The summed E-state index contributed by atoms with van der Waals surface area (Å²) >= 11 is 0. The number of carbonyl (C=O) groups is 1. The predicted molar refractivity (Wildman–Crippen MR) is 63.1 cm³/mol. The maximum atomic E-state index is 10.5. The van der Waals surface area contributed by atoms with Gasteiger partial charge in [-0.05, 0) is 37.5 Å². The van der Waals surface area contributed by atoms with Crippen LogP contribution in [0.15, 0.2) is 24.3 Å². The molecule has 1 atom stereocenters. The van der Waals surface area contributed by atoms with Gasteiger partial charge >= 0.3 is 0 Å². The van der Waals surface area contributed by atoms with Crippen molar-refractivity contribution in [1.29, 1.82) is 0 Å². The van der Waals surface area contributed by atoms with Crippen LogP contribution in [0.2, 0.25) is 0 Å². The second kappa shape index (κ2) is 6.12. The van der Waals surface area contributed by atoms with Gasteiger partial charge in [-0.2, -0.15) is 0 Å². The molecule has 0 aromatic heterocycles. The van der Waals surface area contributed by atoms with Crippen LogP contribution in [0.1, 0.15) is 18.9 Å². The number of rotatable bonds is 6. The van der Waals surface area contributed by atoms with Gasteiger partial charge in [0, 0.05) is 6.04 Å². The SMILES string of the molecule is CC(N)CCc1ccc(OCC(N)=O)cc1. The van der Waals surface area contributed by atoms with Crippen LogP contribution >= 0.6 is 0 Å². The highest BCUT2D eigenvalue weighted by atomic mass is 16.5. The van der Waals surface area contributed by atoms with E-state index in [9.17, 15) is 4.79 Å². The van der Waals surface area contributed by atoms with Gasteiger partial charge in [0.05, 0.1) is 0 Å². The molecule has 0 fully saturated rings. The Morgan fingerprint density at radius 3 is 2.50 bits per heavy atom. The van der Waals surface area contributed by atoms with E-state index in [1.54, 1.807) is 0 Å². The summed E-state index contributed by atoms with van der Waals surface area (Å²) in [5.74, 6) is 0.185. The lowest BCUT2D eigenvalue weighted by Crippen LogP contribution is -2.20. The molecule has 1 amide bonds. The lowest BCUT2D eigenvalue weighted by molar-refractivity contribution is -0.119. The Morgan fingerprint density at radius 1 is 1.38 bits per heavy atom. The summed E-state index contributed by atoms with van der Waals surface area (Å²) in [5, 5.41) is 0. The van der Waals surface area contributed by atoms with Crippen LogP contribution in [-0.4, -0.2) is 18.6 Å². The summed E-state index contributed by atoms with van der Waals surface area (Å²) in [5.41, 5.74) is 11.9. The molecule has 0 aliphatic carbocycles. The normalized spacial score (nSPS) is 12.1. The van der Waals surface area contributed by atoms with Crippen molar-refractivity contribution in [2.24, 2.45) is 11.5 Å². The fraction of sp³-hybridized carbons (Fsp3) is 0.417. The molecule has 1 aromatic carbocycles. The van der Waals surface area contributed by atoms with Crippen molar-refractivity contribution in [3.8, 4) is 5.75 Å². The van der Waals surface area contributed by atoms with E-state index in [1.165, 1.54) is 5.56 Å². The zero-order valence-corrected chi connectivity index (χ0v) is 9.48. The van der Waals surface area contributed by atoms with E-state index in [0.29, 0.717) is 5.75 Å². The molecule has 0 saturated carbocycles. The van der Waals surface area contributed by atoms with Crippen LogP contribution in [0.3, 0.4) is 0 Å². The minimum atomic E-state index is -0.471. The van der Waals surface area contributed by atoms with E-state index in [2.05, 4.69) is 0 Å². The van der Waals surface area contributed by atoms with Gasteiger partial charge in [-0.3, -0.25) is 4.79 Å². The molecule has 1 aromatic rings. The van der Waals surface area contributed by atoms with Crippen molar-refractivity contribution >= 4 is 5.91 Å². The van der Waals surface area contributed by atoms with Crippen molar-refractivity contribution in [2.45, 2.75) is 25.8 Å². The monoisotopic (exact) mass is 222 g/mol. The number of benzene rings is 1. The highest BCUT2D eigenvalue weighted by Gasteiger charge is 1.99. The van der Waals surface area contributed by atoms with Gasteiger partial charge in [0.25, 0.3) is 5.91 Å². The Kier molecular flexibility index (Phi) is 4.79. The largest absolute Gasteiger partial charge is 0.484 e. The summed E-state index contributed by atoms with van der Waals surface area (Å²) in [6.45, 7) is 1.91. The van der Waals surface area contributed by atoms with Crippen LogP contribution in [0.25, 0.3) is 0 Å². The van der Waals surface area contributed by atoms with Gasteiger partial charge in [-0.15, -0.1) is 0 Å². The summed E-state index contributed by atoms with van der Waals surface area (Å²) in [6.07, 6.45) is 1.91. The molecule has 4 heteroatoms. The standard InChI is InChI=1S/C12H18N2O2/c1-9(13)2-3-10-4-6-11(7-5-10)16-8-12(14)15/h4-7,9H,2-3,8,13H2,1H3,(H2,14,15). The lowest BCUT2D eigenvalue weighted by Gasteiger charge is -2.07. The van der Waals surface area contributed by atoms with E-state index in [4.69, 9.17) is 16.2 Å². The third kappa shape index (κ3) is 4.79. The van der Waals surface area contributed by atoms with Gasteiger partial charge in [-0.25, -0.2) is 0 Å². The third-order valence-corrected chi connectivity index (χ3v) is 2.19. The minimum Gasteiger partial charge on any atom is -0.484 e. The number of primary amides is 1. The maximum absolute atomic E-state index is 10.5. The topological polar surface area (TPSA) is 78.3 Å². The number of aryl methyl sites for hydroxylation is 1. The Balaban J connectivity index is 2.44. The van der Waals surface area contributed by atoms with Gasteiger partial charge in [-0.1, -0.05) is 12.1 Å². The molecule has 0 bridgehead atoms. The summed E-state index contributed by atoms with van der Waals surface area (Å²) in [7, 11) is 0. The molecule has 4 N–H and O–H groups in total. The third-order valence-electron chi connectivity index (χ3n) is 2.19. The van der Waals surface area contributed by atoms with Crippen LogP contribution in [0.5, 0.6) is 5.75 Å². The number of carbonyl (C=O) groups excluding carboxylic acids is 1. The van der Waals surface area contributed by atoms with E-state index in [1.807, 2.05) is 31.2 Å². The number of nitrogens with two attached hydrogens (primary N) is 2. The Hall–Kier alpha value is -1.55. The first-order valence-electron chi connectivity index (χ1n) is 5.33. The molecular formula is C12H18N2O2. The van der Waals surface area contributed by atoms with Crippen molar-refractivity contribution < 1.29 is 9.53 Å². The van der Waals surface area contributed by atoms with Crippen LogP contribution in [0, 0.1) is 0 Å². The maximum Gasteiger partial charge on any atom is 0.255 e. The smallest absolute Gasteiger partial charge is 0.255 e. The molecule has 0 heterocycles. The van der Waals surface area contributed by atoms with Crippen LogP contribution in [-0.2, 0) is 11.2 Å². The summed E-state index contributed by atoms with van der Waals surface area (Å²) in [4.78, 5) is 10.5.